The lowest BCUT2D eigenvalue weighted by molar-refractivity contribution is 0.752. The zero-order chi connectivity index (χ0) is 15.0. The molecule has 5 nitrogen and oxygen atoms in total. The Morgan fingerprint density at radius 2 is 1.76 bits per heavy atom. The molecule has 0 aliphatic carbocycles. The van der Waals surface area contributed by atoms with Gasteiger partial charge in [0.1, 0.15) is 5.69 Å². The van der Waals surface area contributed by atoms with Crippen LogP contribution in [0.15, 0.2) is 30.3 Å². The Morgan fingerprint density at radius 1 is 1.05 bits per heavy atom. The Hall–Kier alpha value is -2.43. The summed E-state index contributed by atoms with van der Waals surface area (Å²) in [4.78, 5) is 4.66. The van der Waals surface area contributed by atoms with Crippen LogP contribution in [0.5, 0.6) is 0 Å². The Kier molecular flexibility index (Phi) is 3.33. The summed E-state index contributed by atoms with van der Waals surface area (Å²) in [5.74, 6) is 1.67. The number of aromatic nitrogens is 5. The van der Waals surface area contributed by atoms with Crippen LogP contribution in [0.1, 0.15) is 24.0 Å². The van der Waals surface area contributed by atoms with Crippen molar-refractivity contribution in [2.24, 2.45) is 7.05 Å². The normalized spacial score (nSPS) is 11.0. The van der Waals surface area contributed by atoms with E-state index in [9.17, 15) is 0 Å². The van der Waals surface area contributed by atoms with Gasteiger partial charge in [0.2, 0.25) is 0 Å². The average molecular weight is 281 g/mol. The van der Waals surface area contributed by atoms with Gasteiger partial charge in [0.05, 0.1) is 11.4 Å². The van der Waals surface area contributed by atoms with Gasteiger partial charge in [-0.1, -0.05) is 24.6 Å². The molecule has 5 heteroatoms. The maximum Gasteiger partial charge on any atom is 0.181 e. The van der Waals surface area contributed by atoms with Crippen molar-refractivity contribution in [2.75, 3.05) is 0 Å². The number of nitrogens with zero attached hydrogens (tertiary/aromatic N) is 5. The van der Waals surface area contributed by atoms with E-state index in [-0.39, 0.29) is 0 Å². The third kappa shape index (κ3) is 2.46. The molecule has 0 unspecified atom stereocenters. The fourth-order valence-electron chi connectivity index (χ4n) is 2.36. The van der Waals surface area contributed by atoms with Crippen molar-refractivity contribution >= 4 is 0 Å². The molecule has 3 rings (SSSR count). The first kappa shape index (κ1) is 13.5. The van der Waals surface area contributed by atoms with Crippen molar-refractivity contribution < 1.29 is 0 Å². The van der Waals surface area contributed by atoms with Gasteiger partial charge in [-0.3, -0.25) is 4.68 Å². The highest BCUT2D eigenvalue weighted by Gasteiger charge is 2.16. The molecule has 0 aliphatic heterocycles. The van der Waals surface area contributed by atoms with Crippen LogP contribution in [0.3, 0.4) is 0 Å². The van der Waals surface area contributed by atoms with Crippen LogP contribution >= 0.6 is 0 Å². The molecule has 2 heterocycles. The van der Waals surface area contributed by atoms with Crippen LogP contribution in [0, 0.1) is 13.8 Å². The fraction of sp³-hybridized carbons (Fsp3) is 0.312. The van der Waals surface area contributed by atoms with Crippen LogP contribution in [0.4, 0.5) is 0 Å². The van der Waals surface area contributed by atoms with Crippen molar-refractivity contribution in [3.05, 3.63) is 47.4 Å². The summed E-state index contributed by atoms with van der Waals surface area (Å²) in [6, 6.07) is 10.3. The van der Waals surface area contributed by atoms with E-state index >= 15 is 0 Å². The second kappa shape index (κ2) is 5.16. The summed E-state index contributed by atoms with van der Waals surface area (Å²) in [6.07, 6.45) is 0.808. The molecular weight excluding hydrogens is 262 g/mol. The highest BCUT2D eigenvalue weighted by Crippen LogP contribution is 2.22. The molecule has 0 bridgehead atoms. The first-order chi connectivity index (χ1) is 10.1. The van der Waals surface area contributed by atoms with Crippen LogP contribution in [0.2, 0.25) is 0 Å². The van der Waals surface area contributed by atoms with Crippen LogP contribution in [0.25, 0.3) is 17.2 Å². The minimum atomic E-state index is 0.808. The maximum atomic E-state index is 4.66. The topological polar surface area (TPSA) is 48.5 Å². The van der Waals surface area contributed by atoms with Crippen molar-refractivity contribution in [3.63, 3.8) is 0 Å². The van der Waals surface area contributed by atoms with Crippen LogP contribution in [-0.4, -0.2) is 24.5 Å². The van der Waals surface area contributed by atoms with E-state index in [0.717, 1.165) is 35.1 Å². The zero-order valence-electron chi connectivity index (χ0n) is 12.8. The van der Waals surface area contributed by atoms with Crippen molar-refractivity contribution in [1.29, 1.82) is 0 Å². The largest absolute Gasteiger partial charge is 0.264 e. The lowest BCUT2D eigenvalue weighted by Crippen LogP contribution is -2.03. The van der Waals surface area contributed by atoms with Gasteiger partial charge in [0.25, 0.3) is 0 Å². The molecule has 21 heavy (non-hydrogen) atoms. The third-order valence-corrected chi connectivity index (χ3v) is 3.48. The van der Waals surface area contributed by atoms with Gasteiger partial charge >= 0.3 is 0 Å². The molecule has 3 aromatic rings. The minimum absolute atomic E-state index is 0.808. The molecule has 2 aromatic heterocycles. The molecule has 0 saturated heterocycles. The Labute approximate surface area is 124 Å². The Balaban J connectivity index is 2.18. The summed E-state index contributed by atoms with van der Waals surface area (Å²) in [5.41, 5.74) is 4.19. The van der Waals surface area contributed by atoms with E-state index in [1.807, 2.05) is 29.4 Å². The summed E-state index contributed by atoms with van der Waals surface area (Å²) >= 11 is 0. The molecule has 1 aromatic carbocycles. The number of benzene rings is 1. The van der Waals surface area contributed by atoms with E-state index in [4.69, 9.17) is 0 Å². The van der Waals surface area contributed by atoms with Gasteiger partial charge in [-0.05, 0) is 32.0 Å². The second-order valence-corrected chi connectivity index (χ2v) is 5.25. The SMILES string of the molecule is CCc1nc(-c2cc(C)nn2C)n(-c2ccc(C)cc2)n1. The first-order valence-electron chi connectivity index (χ1n) is 7.12. The van der Waals surface area contributed by atoms with E-state index < -0.39 is 0 Å². The lowest BCUT2D eigenvalue weighted by atomic mass is 10.2. The molecule has 0 fully saturated rings. The highest BCUT2D eigenvalue weighted by atomic mass is 15.4. The van der Waals surface area contributed by atoms with Gasteiger partial charge in [0, 0.05) is 13.5 Å². The summed E-state index contributed by atoms with van der Waals surface area (Å²) in [6.45, 7) is 6.12. The molecular formula is C16H19N5. The van der Waals surface area contributed by atoms with Crippen molar-refractivity contribution in [2.45, 2.75) is 27.2 Å². The summed E-state index contributed by atoms with van der Waals surface area (Å²) in [5, 5.41) is 9.03. The molecule has 0 spiro atoms. The zero-order valence-corrected chi connectivity index (χ0v) is 12.8. The van der Waals surface area contributed by atoms with E-state index in [1.165, 1.54) is 5.56 Å². The molecule has 0 amide bonds. The molecule has 0 N–H and O–H groups in total. The van der Waals surface area contributed by atoms with Gasteiger partial charge < -0.3 is 0 Å². The predicted octanol–water partition coefficient (Wildman–Crippen LogP) is 2.85. The maximum absolute atomic E-state index is 4.66. The van der Waals surface area contributed by atoms with Gasteiger partial charge in [-0.25, -0.2) is 9.67 Å². The van der Waals surface area contributed by atoms with Gasteiger partial charge in [-0.15, -0.1) is 0 Å². The molecule has 108 valence electrons. The Bertz CT molecular complexity index is 765. The average Bonchev–Trinajstić information content (AvgIpc) is 3.02. The number of hydrogen-bond acceptors (Lipinski definition) is 3. The number of hydrogen-bond donors (Lipinski definition) is 0. The summed E-state index contributed by atoms with van der Waals surface area (Å²) in [7, 11) is 1.93. The monoisotopic (exact) mass is 281 g/mol. The van der Waals surface area contributed by atoms with Gasteiger partial charge in [-0.2, -0.15) is 10.2 Å². The minimum Gasteiger partial charge on any atom is -0.264 e. The van der Waals surface area contributed by atoms with Crippen LogP contribution < -0.4 is 0 Å². The molecule has 0 aliphatic rings. The van der Waals surface area contributed by atoms with E-state index in [1.54, 1.807) is 0 Å². The van der Waals surface area contributed by atoms with Crippen molar-refractivity contribution in [1.82, 2.24) is 24.5 Å². The summed E-state index contributed by atoms with van der Waals surface area (Å²) < 4.78 is 3.75. The molecule has 0 atom stereocenters. The lowest BCUT2D eigenvalue weighted by Gasteiger charge is -2.06. The quantitative estimate of drug-likeness (QED) is 0.741. The van der Waals surface area contributed by atoms with Gasteiger partial charge in [0.15, 0.2) is 11.6 Å². The molecule has 0 radical (unpaired) electrons. The van der Waals surface area contributed by atoms with Crippen molar-refractivity contribution in [3.8, 4) is 17.2 Å². The predicted molar refractivity (Wildman–Crippen MR) is 82.4 cm³/mol. The first-order valence-corrected chi connectivity index (χ1v) is 7.12. The van der Waals surface area contributed by atoms with E-state index in [2.05, 4.69) is 53.3 Å². The van der Waals surface area contributed by atoms with Crippen LogP contribution in [-0.2, 0) is 13.5 Å². The number of aryl methyl sites for hydroxylation is 4. The highest BCUT2D eigenvalue weighted by molar-refractivity contribution is 5.54. The standard InChI is InChI=1S/C16H19N5/c1-5-15-17-16(14-10-12(3)18-20(14)4)21(19-15)13-8-6-11(2)7-9-13/h6-10H,5H2,1-4H3. The molecule has 0 saturated carbocycles. The smallest absolute Gasteiger partial charge is 0.181 e. The Morgan fingerprint density at radius 3 is 2.33 bits per heavy atom. The van der Waals surface area contributed by atoms with E-state index in [0.29, 0.717) is 0 Å². The third-order valence-electron chi connectivity index (χ3n) is 3.48. The fourth-order valence-corrected chi connectivity index (χ4v) is 2.36. The number of rotatable bonds is 3. The second-order valence-electron chi connectivity index (χ2n) is 5.25.